The lowest BCUT2D eigenvalue weighted by Gasteiger charge is -2.17. The number of hydrogen-bond acceptors (Lipinski definition) is 7. The minimum atomic E-state index is 0.155. The van der Waals surface area contributed by atoms with Crippen molar-refractivity contribution in [3.8, 4) is 17.1 Å². The topological polar surface area (TPSA) is 91.5 Å². The zero-order valence-corrected chi connectivity index (χ0v) is 16.7. The van der Waals surface area contributed by atoms with Crippen LogP contribution < -0.4 is 10.2 Å². The maximum Gasteiger partial charge on any atom is 0.165 e. The number of aryl methyl sites for hydroxylation is 2. The van der Waals surface area contributed by atoms with Crippen LogP contribution >= 0.6 is 0 Å². The molecule has 29 heavy (non-hydrogen) atoms. The molecule has 1 atom stereocenters. The number of aromatic hydroxyl groups is 1. The van der Waals surface area contributed by atoms with Gasteiger partial charge in [-0.25, -0.2) is 19.9 Å². The highest BCUT2D eigenvalue weighted by atomic mass is 16.3. The van der Waals surface area contributed by atoms with Crippen molar-refractivity contribution in [1.29, 1.82) is 0 Å². The largest absolute Gasteiger partial charge is 0.507 e. The van der Waals surface area contributed by atoms with Gasteiger partial charge in [0.1, 0.15) is 22.7 Å². The van der Waals surface area contributed by atoms with Crippen LogP contribution in [0.4, 0.5) is 5.82 Å². The maximum absolute atomic E-state index is 10.7. The molecule has 4 aromatic heterocycles. The van der Waals surface area contributed by atoms with Gasteiger partial charge >= 0.3 is 0 Å². The highest BCUT2D eigenvalue weighted by Crippen LogP contribution is 2.33. The van der Waals surface area contributed by atoms with Crippen LogP contribution in [0.25, 0.3) is 28.1 Å². The van der Waals surface area contributed by atoms with Crippen LogP contribution in [0.1, 0.15) is 17.7 Å². The zero-order valence-electron chi connectivity index (χ0n) is 16.7. The fourth-order valence-corrected chi connectivity index (χ4v) is 3.99. The van der Waals surface area contributed by atoms with E-state index < -0.39 is 0 Å². The first-order chi connectivity index (χ1) is 14.0. The van der Waals surface area contributed by atoms with Gasteiger partial charge in [-0.1, -0.05) is 0 Å². The molecule has 8 heteroatoms. The molecule has 5 rings (SSSR count). The van der Waals surface area contributed by atoms with E-state index in [0.29, 0.717) is 23.0 Å². The Morgan fingerprint density at radius 1 is 1.10 bits per heavy atom. The van der Waals surface area contributed by atoms with Gasteiger partial charge in [0.15, 0.2) is 5.82 Å². The minimum absolute atomic E-state index is 0.155. The Morgan fingerprint density at radius 2 is 1.97 bits per heavy atom. The number of aromatic nitrogens is 5. The molecule has 1 aliphatic heterocycles. The summed E-state index contributed by atoms with van der Waals surface area (Å²) in [4.78, 5) is 20.6. The molecule has 1 fully saturated rings. The Kier molecular flexibility index (Phi) is 4.09. The number of likely N-dealkylation sites (N-methyl/N-ethyl adjacent to an activating group) is 1. The molecular weight excluding hydrogens is 366 g/mol. The summed E-state index contributed by atoms with van der Waals surface area (Å²) in [7, 11) is 2.00. The van der Waals surface area contributed by atoms with Gasteiger partial charge in [-0.2, -0.15) is 0 Å². The zero-order chi connectivity index (χ0) is 20.1. The molecule has 0 aliphatic carbocycles. The summed E-state index contributed by atoms with van der Waals surface area (Å²) in [6.07, 6.45) is 6.59. The van der Waals surface area contributed by atoms with Gasteiger partial charge in [0.25, 0.3) is 0 Å². The molecule has 148 valence electrons. The number of anilines is 1. The van der Waals surface area contributed by atoms with Crippen LogP contribution in [-0.2, 0) is 0 Å². The standard InChI is InChI=1S/C21H23N7O/c1-12-9-28-11-15(19(29)13(2)21(28)24-12)20-23-8-17-16(26-20)4-5-18(25-17)27-7-6-14(10-27)22-3/h4-5,8-9,11,14,22,29H,6-7,10H2,1-3H3/t14-/m1/s1. The summed E-state index contributed by atoms with van der Waals surface area (Å²) in [6.45, 7) is 5.72. The van der Waals surface area contributed by atoms with Crippen molar-refractivity contribution >= 4 is 22.5 Å². The SMILES string of the molecule is CN[C@@H]1CCN(c2ccc3nc(-c4cn5cc(C)nc5c(C)c4O)ncc3n2)C1. The van der Waals surface area contributed by atoms with Gasteiger partial charge in [0.05, 0.1) is 23.0 Å². The Hall–Kier alpha value is -3.26. The second-order valence-electron chi connectivity index (χ2n) is 7.62. The molecule has 0 amide bonds. The van der Waals surface area contributed by atoms with Crippen molar-refractivity contribution in [3.05, 3.63) is 42.0 Å². The lowest BCUT2D eigenvalue weighted by molar-refractivity contribution is 0.472. The minimum Gasteiger partial charge on any atom is -0.507 e. The van der Waals surface area contributed by atoms with E-state index in [4.69, 9.17) is 4.98 Å². The van der Waals surface area contributed by atoms with E-state index in [1.165, 1.54) is 0 Å². The summed E-state index contributed by atoms with van der Waals surface area (Å²) < 4.78 is 1.90. The van der Waals surface area contributed by atoms with E-state index in [2.05, 4.69) is 25.2 Å². The number of pyridine rings is 2. The molecule has 0 unspecified atom stereocenters. The first kappa shape index (κ1) is 17.8. The molecular formula is C21H23N7O. The molecule has 0 bridgehead atoms. The van der Waals surface area contributed by atoms with Gasteiger partial charge in [-0.05, 0) is 39.4 Å². The monoisotopic (exact) mass is 389 g/mol. The number of nitrogens with one attached hydrogen (secondary N) is 1. The fourth-order valence-electron chi connectivity index (χ4n) is 3.99. The summed E-state index contributed by atoms with van der Waals surface area (Å²) in [5, 5.41) is 14.0. The molecule has 1 saturated heterocycles. The van der Waals surface area contributed by atoms with Crippen LogP contribution in [-0.4, -0.2) is 55.6 Å². The predicted octanol–water partition coefficient (Wildman–Crippen LogP) is 2.46. The Bertz CT molecular complexity index is 1230. The maximum atomic E-state index is 10.7. The summed E-state index contributed by atoms with van der Waals surface area (Å²) in [5.74, 6) is 1.57. The molecule has 1 aliphatic rings. The number of fused-ring (bicyclic) bond motifs is 2. The van der Waals surface area contributed by atoms with Crippen molar-refractivity contribution in [2.24, 2.45) is 0 Å². The summed E-state index contributed by atoms with van der Waals surface area (Å²) in [5.41, 5.74) is 4.41. The van der Waals surface area contributed by atoms with Gasteiger partial charge in [0, 0.05) is 37.1 Å². The van der Waals surface area contributed by atoms with Crippen LogP contribution in [0.3, 0.4) is 0 Å². The van der Waals surface area contributed by atoms with Crippen molar-refractivity contribution < 1.29 is 5.11 Å². The van der Waals surface area contributed by atoms with E-state index >= 15 is 0 Å². The molecule has 0 radical (unpaired) electrons. The van der Waals surface area contributed by atoms with Crippen molar-refractivity contribution in [3.63, 3.8) is 0 Å². The molecule has 4 aromatic rings. The summed E-state index contributed by atoms with van der Waals surface area (Å²) >= 11 is 0. The number of nitrogens with zero attached hydrogens (tertiary/aromatic N) is 6. The van der Waals surface area contributed by atoms with Gasteiger partial charge in [-0.3, -0.25) is 0 Å². The fraction of sp³-hybridized carbons (Fsp3) is 0.333. The van der Waals surface area contributed by atoms with Crippen LogP contribution in [0.15, 0.2) is 30.7 Å². The molecule has 5 heterocycles. The molecule has 2 N–H and O–H groups in total. The smallest absolute Gasteiger partial charge is 0.165 e. The lowest BCUT2D eigenvalue weighted by atomic mass is 10.1. The molecule has 0 aromatic carbocycles. The quantitative estimate of drug-likeness (QED) is 0.556. The summed E-state index contributed by atoms with van der Waals surface area (Å²) in [6, 6.07) is 4.48. The van der Waals surface area contributed by atoms with E-state index in [-0.39, 0.29) is 5.75 Å². The molecule has 0 saturated carbocycles. The Labute approximate surface area is 168 Å². The van der Waals surface area contributed by atoms with Crippen LogP contribution in [0.2, 0.25) is 0 Å². The number of rotatable bonds is 3. The van der Waals surface area contributed by atoms with Crippen molar-refractivity contribution in [2.75, 3.05) is 25.0 Å². The average molecular weight is 389 g/mol. The van der Waals surface area contributed by atoms with Crippen molar-refractivity contribution in [1.82, 2.24) is 29.7 Å². The van der Waals surface area contributed by atoms with Crippen molar-refractivity contribution in [2.45, 2.75) is 26.3 Å². The Balaban J connectivity index is 1.54. The third kappa shape index (κ3) is 2.96. The molecule has 0 spiro atoms. The predicted molar refractivity (Wildman–Crippen MR) is 112 cm³/mol. The number of hydrogen-bond donors (Lipinski definition) is 2. The van der Waals surface area contributed by atoms with Crippen LogP contribution in [0.5, 0.6) is 5.75 Å². The third-order valence-electron chi connectivity index (χ3n) is 5.65. The van der Waals surface area contributed by atoms with Gasteiger partial charge in [0.2, 0.25) is 0 Å². The van der Waals surface area contributed by atoms with Gasteiger partial charge in [-0.15, -0.1) is 0 Å². The van der Waals surface area contributed by atoms with E-state index in [0.717, 1.165) is 47.7 Å². The van der Waals surface area contributed by atoms with E-state index in [9.17, 15) is 5.11 Å². The lowest BCUT2D eigenvalue weighted by Crippen LogP contribution is -2.29. The highest BCUT2D eigenvalue weighted by molar-refractivity contribution is 5.79. The highest BCUT2D eigenvalue weighted by Gasteiger charge is 2.22. The first-order valence-corrected chi connectivity index (χ1v) is 9.78. The molecule has 8 nitrogen and oxygen atoms in total. The van der Waals surface area contributed by atoms with E-state index in [1.54, 1.807) is 6.20 Å². The average Bonchev–Trinajstić information content (AvgIpc) is 3.36. The second kappa shape index (κ2) is 6.66. The normalized spacial score (nSPS) is 16.9. The van der Waals surface area contributed by atoms with Gasteiger partial charge < -0.3 is 19.7 Å². The number of imidazole rings is 1. The Morgan fingerprint density at radius 3 is 2.76 bits per heavy atom. The van der Waals surface area contributed by atoms with E-state index in [1.807, 2.05) is 49.8 Å². The third-order valence-corrected chi connectivity index (χ3v) is 5.65. The first-order valence-electron chi connectivity index (χ1n) is 9.78. The second-order valence-corrected chi connectivity index (χ2v) is 7.62. The van der Waals surface area contributed by atoms with Crippen LogP contribution in [0, 0.1) is 13.8 Å².